The van der Waals surface area contributed by atoms with Crippen LogP contribution in [0, 0.1) is 0 Å². The number of aldehydes is 4. The van der Waals surface area contributed by atoms with E-state index in [0.717, 1.165) is 25.1 Å². The van der Waals surface area contributed by atoms with E-state index in [1.54, 1.807) is 49.1 Å². The van der Waals surface area contributed by atoms with Gasteiger partial charge in [-0.3, -0.25) is 19.2 Å². The van der Waals surface area contributed by atoms with Crippen LogP contribution < -0.4 is 0 Å². The van der Waals surface area contributed by atoms with Crippen LogP contribution in [0.4, 0.5) is 0 Å². The van der Waals surface area contributed by atoms with Gasteiger partial charge in [-0.1, -0.05) is 0 Å². The predicted octanol–water partition coefficient (Wildman–Crippen LogP) is 7.89. The monoisotopic (exact) mass is 682 g/mol. The van der Waals surface area contributed by atoms with Crippen LogP contribution in [0.3, 0.4) is 0 Å². The number of hydrogen-bond acceptors (Lipinski definition) is 6. The minimum absolute atomic E-state index is 0.482. The first-order valence-corrected chi connectivity index (χ1v) is 16.3. The van der Waals surface area contributed by atoms with Crippen molar-refractivity contribution in [1.82, 2.24) is 39.9 Å². The Morgan fingerprint density at radius 2 is 0.635 bits per heavy atom. The fourth-order valence-corrected chi connectivity index (χ4v) is 6.83. The predicted molar refractivity (Wildman–Crippen MR) is 200 cm³/mol. The van der Waals surface area contributed by atoms with E-state index in [2.05, 4.69) is 29.9 Å². The van der Waals surface area contributed by atoms with E-state index >= 15 is 0 Å². The largest absolute Gasteiger partial charge is 0.360 e. The molecule has 0 saturated heterocycles. The average Bonchev–Trinajstić information content (AvgIpc) is 4.02. The van der Waals surface area contributed by atoms with Gasteiger partial charge in [0.25, 0.3) is 0 Å². The Labute approximate surface area is 293 Å². The third-order valence-corrected chi connectivity index (χ3v) is 9.20. The van der Waals surface area contributed by atoms with E-state index in [4.69, 9.17) is 9.97 Å². The molecule has 0 aromatic carbocycles. The van der Waals surface area contributed by atoms with Crippen LogP contribution in [0.15, 0.2) is 73.3 Å². The summed E-state index contributed by atoms with van der Waals surface area (Å²) in [6.07, 6.45) is 17.3. The Morgan fingerprint density at radius 1 is 0.385 bits per heavy atom. The molecule has 9 rings (SSSR count). The highest BCUT2D eigenvalue weighted by atomic mass is 16.1. The first-order valence-electron chi connectivity index (χ1n) is 16.3. The number of fused-ring (bicyclic) bond motifs is 8. The summed E-state index contributed by atoms with van der Waals surface area (Å²) in [5.41, 5.74) is 12.8. The molecule has 52 heavy (non-hydrogen) atoms. The minimum Gasteiger partial charge on any atom is -0.360 e. The van der Waals surface area contributed by atoms with Crippen LogP contribution in [0.5, 0.6) is 0 Å². The summed E-state index contributed by atoms with van der Waals surface area (Å²) in [6.45, 7) is 0. The lowest BCUT2D eigenvalue weighted by atomic mass is 10.1. The summed E-state index contributed by atoms with van der Waals surface area (Å²) in [4.78, 5) is 77.4. The maximum absolute atomic E-state index is 11.7. The van der Waals surface area contributed by atoms with E-state index in [0.29, 0.717) is 112 Å². The highest BCUT2D eigenvalue weighted by Crippen LogP contribution is 2.38. The van der Waals surface area contributed by atoms with Crippen LogP contribution in [0.2, 0.25) is 0 Å². The fraction of sp³-hybridized carbons (Fsp3) is 0. The third kappa shape index (κ3) is 5.01. The minimum atomic E-state index is 0.482. The lowest BCUT2D eigenvalue weighted by molar-refractivity contribution is 0.111. The Balaban J connectivity index is 1.46. The molecule has 2 aliphatic heterocycles. The standard InChI is InChI=1S/C40H26N8O4/c49-17-21-9-33(41-13-21)37-25-1-2-26(45-25)38(34-10-22(18-50)14-42-34)28-5-6-30(47-28)40(36-12-24(20-52)16-44-36)32-8-7-31(48-32)39(29-4-3-27(37)46-29)35-11-23(19-51)15-43-35/h1-20,41-45,48H. The van der Waals surface area contributed by atoms with Crippen LogP contribution >= 0.6 is 0 Å². The molecule has 7 aromatic heterocycles. The molecule has 12 nitrogen and oxygen atoms in total. The van der Waals surface area contributed by atoms with Crippen molar-refractivity contribution in [2.24, 2.45) is 0 Å². The number of carbonyl (C=O) groups excluding carboxylic acids is 4. The van der Waals surface area contributed by atoms with Gasteiger partial charge in [-0.05, 0) is 72.8 Å². The summed E-state index contributed by atoms with van der Waals surface area (Å²) in [5.74, 6) is 0. The Morgan fingerprint density at radius 3 is 0.846 bits per heavy atom. The Hall–Kier alpha value is -7.60. The van der Waals surface area contributed by atoms with E-state index in [-0.39, 0.29) is 0 Å². The van der Waals surface area contributed by atoms with E-state index in [1.807, 2.05) is 48.6 Å². The second-order valence-corrected chi connectivity index (χ2v) is 12.4. The molecule has 0 amide bonds. The Kier molecular flexibility index (Phi) is 7.07. The van der Waals surface area contributed by atoms with E-state index < -0.39 is 0 Å². The van der Waals surface area contributed by atoms with Gasteiger partial charge in [0, 0.05) is 69.3 Å². The summed E-state index contributed by atoms with van der Waals surface area (Å²) in [6, 6.07) is 14.8. The van der Waals surface area contributed by atoms with Gasteiger partial charge in [-0.25, -0.2) is 9.97 Å². The zero-order valence-electron chi connectivity index (χ0n) is 27.1. The summed E-state index contributed by atoms with van der Waals surface area (Å²) < 4.78 is 0. The van der Waals surface area contributed by atoms with Crippen LogP contribution in [0.25, 0.3) is 91.4 Å². The SMILES string of the molecule is O=Cc1c[nH]c(-c2c3nc(c(-c4cc(C=O)c[nH]4)c4ccc([nH]4)c(-c4cc(C=O)c[nH]4)c4nc(c(-c5cc(C=O)c[nH]5)c5ccc2[nH]5)C=C4)C=C3)c1. The van der Waals surface area contributed by atoms with Gasteiger partial charge in [-0.2, -0.15) is 0 Å². The molecular weight excluding hydrogens is 656 g/mol. The molecule has 9 heterocycles. The smallest absolute Gasteiger partial charge is 0.151 e. The summed E-state index contributed by atoms with van der Waals surface area (Å²) >= 11 is 0. The van der Waals surface area contributed by atoms with Gasteiger partial charge < -0.3 is 29.9 Å². The molecule has 7 aromatic rings. The van der Waals surface area contributed by atoms with Crippen LogP contribution in [-0.2, 0) is 0 Å². The van der Waals surface area contributed by atoms with Crippen molar-refractivity contribution in [2.75, 3.05) is 0 Å². The van der Waals surface area contributed by atoms with Crippen molar-refractivity contribution in [3.8, 4) is 45.0 Å². The number of rotatable bonds is 8. The number of carbonyl (C=O) groups is 4. The topological polar surface area (TPSA) is 189 Å². The Bertz CT molecular complexity index is 2470. The average molecular weight is 683 g/mol. The van der Waals surface area contributed by atoms with E-state index in [9.17, 15) is 19.2 Å². The second-order valence-electron chi connectivity index (χ2n) is 12.4. The summed E-state index contributed by atoms with van der Waals surface area (Å²) in [5, 5.41) is 0. The molecular formula is C40H26N8O4. The van der Waals surface area contributed by atoms with Crippen molar-refractivity contribution in [3.05, 3.63) is 118 Å². The van der Waals surface area contributed by atoms with Gasteiger partial charge >= 0.3 is 0 Å². The van der Waals surface area contributed by atoms with Crippen molar-refractivity contribution >= 4 is 71.5 Å². The quantitative estimate of drug-likeness (QED) is 0.0884. The highest BCUT2D eigenvalue weighted by Gasteiger charge is 2.21. The van der Waals surface area contributed by atoms with Gasteiger partial charge in [0.05, 0.1) is 67.6 Å². The molecule has 0 spiro atoms. The first-order chi connectivity index (χ1) is 25.5. The number of H-pyrrole nitrogens is 6. The molecule has 8 bridgehead atoms. The number of nitrogens with one attached hydrogen (secondary N) is 6. The molecule has 0 unspecified atom stereocenters. The molecule has 12 heteroatoms. The van der Waals surface area contributed by atoms with Crippen molar-refractivity contribution in [3.63, 3.8) is 0 Å². The zero-order chi connectivity index (χ0) is 35.3. The van der Waals surface area contributed by atoms with E-state index in [1.165, 1.54) is 0 Å². The number of hydrogen-bond donors (Lipinski definition) is 6. The van der Waals surface area contributed by atoms with Crippen molar-refractivity contribution < 1.29 is 19.2 Å². The molecule has 0 aliphatic carbocycles. The lowest BCUT2D eigenvalue weighted by Gasteiger charge is -2.04. The maximum Gasteiger partial charge on any atom is 0.151 e. The van der Waals surface area contributed by atoms with Gasteiger partial charge in [-0.15, -0.1) is 0 Å². The molecule has 250 valence electrons. The fourth-order valence-electron chi connectivity index (χ4n) is 6.83. The zero-order valence-corrected chi connectivity index (χ0v) is 27.1. The number of nitrogens with zero attached hydrogens (tertiary/aromatic N) is 2. The van der Waals surface area contributed by atoms with Crippen molar-refractivity contribution in [2.45, 2.75) is 0 Å². The molecule has 0 saturated carbocycles. The van der Waals surface area contributed by atoms with Crippen LogP contribution in [0.1, 0.15) is 64.2 Å². The van der Waals surface area contributed by atoms with Crippen molar-refractivity contribution in [1.29, 1.82) is 0 Å². The van der Waals surface area contributed by atoms with Gasteiger partial charge in [0.1, 0.15) is 0 Å². The van der Waals surface area contributed by atoms with Gasteiger partial charge in [0.2, 0.25) is 0 Å². The van der Waals surface area contributed by atoms with Crippen LogP contribution in [-0.4, -0.2) is 65.0 Å². The summed E-state index contributed by atoms with van der Waals surface area (Å²) in [7, 11) is 0. The first kappa shape index (κ1) is 30.5. The normalized spacial score (nSPS) is 12.0. The van der Waals surface area contributed by atoms with Gasteiger partial charge in [0.15, 0.2) is 25.1 Å². The molecule has 0 atom stereocenters. The molecule has 0 radical (unpaired) electrons. The molecule has 6 N–H and O–H groups in total. The highest BCUT2D eigenvalue weighted by molar-refractivity contribution is 6.00. The second kappa shape index (κ2) is 12.1. The molecule has 2 aliphatic rings. The maximum atomic E-state index is 11.7. The lowest BCUT2D eigenvalue weighted by Crippen LogP contribution is -1.90. The number of aromatic amines is 6. The molecule has 0 fully saturated rings. The third-order valence-electron chi connectivity index (χ3n) is 9.20. The number of aromatic nitrogens is 8.